The Bertz CT molecular complexity index is 348. The SMILES string of the molecule is CC(C)OP(=O)(OC(C)C)N(C)C(=O)N=C=O. The van der Waals surface area contributed by atoms with E-state index in [4.69, 9.17) is 9.05 Å². The first-order chi connectivity index (χ1) is 7.73. The first kappa shape index (κ1) is 16.0. The number of nitrogens with zero attached hydrogens (tertiary/aromatic N) is 2. The predicted molar refractivity (Wildman–Crippen MR) is 61.3 cm³/mol. The molecule has 0 rings (SSSR count). The zero-order valence-corrected chi connectivity index (χ0v) is 11.4. The van der Waals surface area contributed by atoms with Gasteiger partial charge in [-0.2, -0.15) is 0 Å². The van der Waals surface area contributed by atoms with Crippen LogP contribution in [0.3, 0.4) is 0 Å². The van der Waals surface area contributed by atoms with E-state index in [-0.39, 0.29) is 0 Å². The lowest BCUT2D eigenvalue weighted by Gasteiger charge is -2.28. The second-order valence-corrected chi connectivity index (χ2v) is 5.74. The van der Waals surface area contributed by atoms with Gasteiger partial charge in [0.05, 0.1) is 12.2 Å². The number of urea groups is 1. The molecular formula is C9H17N2O5P. The van der Waals surface area contributed by atoms with Gasteiger partial charge >= 0.3 is 13.8 Å². The summed E-state index contributed by atoms with van der Waals surface area (Å²) in [5, 5.41) is 0. The number of carbonyl (C=O) groups is 1. The van der Waals surface area contributed by atoms with E-state index >= 15 is 0 Å². The molecule has 0 atom stereocenters. The fourth-order valence-electron chi connectivity index (χ4n) is 0.915. The predicted octanol–water partition coefficient (Wildman–Crippen LogP) is 2.33. The van der Waals surface area contributed by atoms with E-state index in [0.29, 0.717) is 4.67 Å². The van der Waals surface area contributed by atoms with Gasteiger partial charge in [0.1, 0.15) is 0 Å². The minimum Gasteiger partial charge on any atom is -0.289 e. The van der Waals surface area contributed by atoms with Crippen LogP contribution in [-0.2, 0) is 18.4 Å². The van der Waals surface area contributed by atoms with E-state index in [2.05, 4.69) is 4.99 Å². The molecule has 0 saturated carbocycles. The topological polar surface area (TPSA) is 85.3 Å². The Morgan fingerprint density at radius 2 is 1.65 bits per heavy atom. The molecule has 98 valence electrons. The van der Waals surface area contributed by atoms with Crippen molar-refractivity contribution in [2.75, 3.05) is 7.05 Å². The smallest absolute Gasteiger partial charge is 0.289 e. The van der Waals surface area contributed by atoms with Crippen molar-refractivity contribution in [3.8, 4) is 0 Å². The summed E-state index contributed by atoms with van der Waals surface area (Å²) < 4.78 is 23.3. The third-order valence-corrected chi connectivity index (χ3v) is 3.76. The lowest BCUT2D eigenvalue weighted by Crippen LogP contribution is -2.26. The average molecular weight is 264 g/mol. The molecular weight excluding hydrogens is 247 g/mol. The van der Waals surface area contributed by atoms with Crippen molar-refractivity contribution < 1.29 is 23.2 Å². The first-order valence-corrected chi connectivity index (χ1v) is 6.55. The average Bonchev–Trinajstić information content (AvgIpc) is 2.14. The van der Waals surface area contributed by atoms with Crippen LogP contribution in [0.15, 0.2) is 4.99 Å². The molecule has 0 bridgehead atoms. The van der Waals surface area contributed by atoms with E-state index in [1.807, 2.05) is 0 Å². The number of isocyanates is 1. The minimum atomic E-state index is -3.80. The number of hydrogen-bond donors (Lipinski definition) is 0. The Kier molecular flexibility index (Phi) is 6.27. The molecule has 8 heteroatoms. The standard InChI is InChI=1S/C9H17N2O5P/c1-7(2)15-17(14,16-8(3)4)11(5)9(13)10-6-12/h7-8H,1-5H3. The second kappa shape index (κ2) is 6.67. The maximum atomic E-state index is 12.3. The molecule has 0 radical (unpaired) electrons. The van der Waals surface area contributed by atoms with Crippen LogP contribution in [0.4, 0.5) is 4.79 Å². The van der Waals surface area contributed by atoms with Crippen molar-refractivity contribution in [1.29, 1.82) is 0 Å². The molecule has 0 aliphatic heterocycles. The van der Waals surface area contributed by atoms with Gasteiger partial charge in [0.25, 0.3) is 0 Å². The van der Waals surface area contributed by atoms with Crippen molar-refractivity contribution in [2.24, 2.45) is 4.99 Å². The van der Waals surface area contributed by atoms with Gasteiger partial charge in [-0.05, 0) is 27.7 Å². The van der Waals surface area contributed by atoms with Crippen LogP contribution in [0.5, 0.6) is 0 Å². The molecule has 0 aromatic carbocycles. The molecule has 0 aliphatic rings. The monoisotopic (exact) mass is 264 g/mol. The van der Waals surface area contributed by atoms with Crippen molar-refractivity contribution in [3.05, 3.63) is 0 Å². The number of amides is 2. The molecule has 7 nitrogen and oxygen atoms in total. The highest BCUT2D eigenvalue weighted by atomic mass is 31.2. The van der Waals surface area contributed by atoms with E-state index in [0.717, 1.165) is 6.08 Å². The Balaban J connectivity index is 5.09. The molecule has 0 saturated heterocycles. The zero-order valence-electron chi connectivity index (χ0n) is 10.5. The summed E-state index contributed by atoms with van der Waals surface area (Å²) in [7, 11) is -2.61. The minimum absolute atomic E-state index is 0.407. The highest BCUT2D eigenvalue weighted by Gasteiger charge is 2.36. The fraction of sp³-hybridized carbons (Fsp3) is 0.778. The van der Waals surface area contributed by atoms with Gasteiger partial charge in [0, 0.05) is 7.05 Å². The highest BCUT2D eigenvalue weighted by Crippen LogP contribution is 2.53. The molecule has 0 fully saturated rings. The van der Waals surface area contributed by atoms with Crippen LogP contribution in [0.1, 0.15) is 27.7 Å². The summed E-state index contributed by atoms with van der Waals surface area (Å²) in [5.41, 5.74) is 0. The summed E-state index contributed by atoms with van der Waals surface area (Å²) in [4.78, 5) is 24.2. The summed E-state index contributed by atoms with van der Waals surface area (Å²) in [5.74, 6) is 0. The molecule has 2 amide bonds. The largest absolute Gasteiger partial charge is 0.439 e. The maximum Gasteiger partial charge on any atom is 0.439 e. The van der Waals surface area contributed by atoms with Crippen molar-refractivity contribution in [1.82, 2.24) is 4.67 Å². The fourth-order valence-corrected chi connectivity index (χ4v) is 2.57. The van der Waals surface area contributed by atoms with E-state index in [1.54, 1.807) is 27.7 Å². The van der Waals surface area contributed by atoms with Crippen LogP contribution < -0.4 is 0 Å². The molecule has 0 aromatic rings. The summed E-state index contributed by atoms with van der Waals surface area (Å²) in [6.07, 6.45) is 0.264. The van der Waals surface area contributed by atoms with Crippen LogP contribution >= 0.6 is 7.75 Å². The quantitative estimate of drug-likeness (QED) is 0.432. The highest BCUT2D eigenvalue weighted by molar-refractivity contribution is 7.52. The van der Waals surface area contributed by atoms with Gasteiger partial charge in [0.15, 0.2) is 0 Å². The van der Waals surface area contributed by atoms with E-state index < -0.39 is 26.0 Å². The van der Waals surface area contributed by atoms with Crippen molar-refractivity contribution in [3.63, 3.8) is 0 Å². The van der Waals surface area contributed by atoms with Crippen molar-refractivity contribution >= 4 is 19.9 Å². The number of hydrogen-bond acceptors (Lipinski definition) is 5. The number of rotatable bonds is 5. The summed E-state index contributed by atoms with van der Waals surface area (Å²) in [6.45, 7) is 6.60. The number of aliphatic imine (C=N–C) groups is 1. The lowest BCUT2D eigenvalue weighted by atomic mass is 10.5. The van der Waals surface area contributed by atoms with Crippen LogP contribution in [0.2, 0.25) is 0 Å². The van der Waals surface area contributed by atoms with Crippen LogP contribution in [0, 0.1) is 0 Å². The van der Waals surface area contributed by atoms with Gasteiger partial charge < -0.3 is 0 Å². The molecule has 0 aliphatic carbocycles. The van der Waals surface area contributed by atoms with Gasteiger partial charge in [-0.15, -0.1) is 4.99 Å². The first-order valence-electron chi connectivity index (χ1n) is 5.05. The van der Waals surface area contributed by atoms with Crippen LogP contribution in [-0.4, -0.2) is 36.0 Å². The molecule has 0 heterocycles. The zero-order chi connectivity index (χ0) is 13.6. The van der Waals surface area contributed by atoms with Crippen molar-refractivity contribution in [2.45, 2.75) is 39.9 Å². The Labute approximate surface area is 100 Å². The number of carbonyl (C=O) groups excluding carboxylic acids is 2. The van der Waals surface area contributed by atoms with Gasteiger partial charge in [-0.25, -0.2) is 18.8 Å². The lowest BCUT2D eigenvalue weighted by molar-refractivity contribution is 0.117. The maximum absolute atomic E-state index is 12.3. The molecule has 0 unspecified atom stereocenters. The Hall–Kier alpha value is -1.00. The van der Waals surface area contributed by atoms with Crippen LogP contribution in [0.25, 0.3) is 0 Å². The van der Waals surface area contributed by atoms with Gasteiger partial charge in [-0.3, -0.25) is 9.05 Å². The second-order valence-electron chi connectivity index (χ2n) is 3.79. The normalized spacial score (nSPS) is 11.5. The summed E-state index contributed by atoms with van der Waals surface area (Å²) >= 11 is 0. The molecule has 0 aromatic heterocycles. The third-order valence-electron chi connectivity index (χ3n) is 1.47. The van der Waals surface area contributed by atoms with Gasteiger partial charge in [0.2, 0.25) is 6.08 Å². The molecule has 0 spiro atoms. The van der Waals surface area contributed by atoms with E-state index in [9.17, 15) is 14.2 Å². The van der Waals surface area contributed by atoms with E-state index in [1.165, 1.54) is 7.05 Å². The third kappa shape index (κ3) is 5.24. The Morgan fingerprint density at radius 3 is 1.94 bits per heavy atom. The molecule has 17 heavy (non-hydrogen) atoms. The Morgan fingerprint density at radius 1 is 1.24 bits per heavy atom. The summed E-state index contributed by atoms with van der Waals surface area (Å²) in [6, 6.07) is -1.02. The molecule has 0 N–H and O–H groups in total. The van der Waals surface area contributed by atoms with Gasteiger partial charge in [-0.1, -0.05) is 0 Å².